The van der Waals surface area contributed by atoms with E-state index >= 15 is 0 Å². The average molecular weight is 390 g/mol. The lowest BCUT2D eigenvalue weighted by molar-refractivity contribution is -0.117. The molecule has 3 aromatic rings. The Bertz CT molecular complexity index is 1060. The molecule has 2 aromatic carbocycles. The highest BCUT2D eigenvalue weighted by atomic mass is 16.5. The summed E-state index contributed by atoms with van der Waals surface area (Å²) in [5.41, 5.74) is 3.27. The largest absolute Gasteiger partial charge is 0.354 e. The normalized spacial score (nSPS) is 16.8. The van der Waals surface area contributed by atoms with Crippen LogP contribution in [0.1, 0.15) is 23.2 Å². The summed E-state index contributed by atoms with van der Waals surface area (Å²) < 4.78 is 5.42. The Morgan fingerprint density at radius 1 is 1.03 bits per heavy atom. The van der Waals surface area contributed by atoms with Gasteiger partial charge >= 0.3 is 0 Å². The van der Waals surface area contributed by atoms with E-state index in [0.717, 1.165) is 55.5 Å². The molecule has 1 aromatic heterocycles. The molecule has 7 nitrogen and oxygen atoms in total. The fourth-order valence-corrected chi connectivity index (χ4v) is 3.63. The Hall–Kier alpha value is -3.19. The van der Waals surface area contributed by atoms with E-state index in [9.17, 15) is 9.59 Å². The van der Waals surface area contributed by atoms with E-state index in [0.29, 0.717) is 17.0 Å². The van der Waals surface area contributed by atoms with Gasteiger partial charge in [0.2, 0.25) is 5.91 Å². The predicted octanol–water partition coefficient (Wildman–Crippen LogP) is 2.89. The predicted molar refractivity (Wildman–Crippen MR) is 110 cm³/mol. The molecule has 29 heavy (non-hydrogen) atoms. The topological polar surface area (TPSA) is 87.5 Å². The molecule has 0 spiro atoms. The number of rotatable bonds is 4. The van der Waals surface area contributed by atoms with E-state index in [1.165, 1.54) is 0 Å². The Morgan fingerprint density at radius 2 is 1.76 bits per heavy atom. The third kappa shape index (κ3) is 3.61. The van der Waals surface area contributed by atoms with Gasteiger partial charge in [-0.25, -0.2) is 0 Å². The minimum atomic E-state index is 0.00835. The van der Waals surface area contributed by atoms with E-state index in [1.54, 1.807) is 0 Å². The van der Waals surface area contributed by atoms with Crippen molar-refractivity contribution in [2.24, 2.45) is 5.92 Å². The number of amides is 2. The van der Waals surface area contributed by atoms with Crippen molar-refractivity contribution in [2.75, 3.05) is 31.5 Å². The highest BCUT2D eigenvalue weighted by Crippen LogP contribution is 2.32. The number of fused-ring (bicyclic) bond motifs is 1. The average Bonchev–Trinajstić information content (AvgIpc) is 3.56. The highest BCUT2D eigenvalue weighted by molar-refractivity contribution is 6.01. The molecule has 1 saturated carbocycles. The molecule has 5 rings (SSSR count). The maximum atomic E-state index is 12.6. The van der Waals surface area contributed by atoms with E-state index in [2.05, 4.69) is 15.8 Å². The van der Waals surface area contributed by atoms with E-state index in [1.807, 2.05) is 47.4 Å². The van der Waals surface area contributed by atoms with E-state index < -0.39 is 0 Å². The Kier molecular flexibility index (Phi) is 4.52. The lowest BCUT2D eigenvalue weighted by Gasteiger charge is -2.27. The fourth-order valence-electron chi connectivity index (χ4n) is 3.63. The van der Waals surface area contributed by atoms with Gasteiger partial charge in [0, 0.05) is 37.7 Å². The van der Waals surface area contributed by atoms with Crippen molar-refractivity contribution in [1.29, 1.82) is 0 Å². The molecule has 148 valence electrons. The summed E-state index contributed by atoms with van der Waals surface area (Å²) in [6.07, 6.45) is 1.89. The molecule has 1 saturated heterocycles. The van der Waals surface area contributed by atoms with Crippen LogP contribution in [0.4, 0.5) is 5.82 Å². The number of carbonyl (C=O) groups excluding carboxylic acids is 2. The van der Waals surface area contributed by atoms with Gasteiger partial charge in [0.25, 0.3) is 5.91 Å². The minimum Gasteiger partial charge on any atom is -0.354 e. The van der Waals surface area contributed by atoms with Crippen molar-refractivity contribution in [3.63, 3.8) is 0 Å². The molecule has 2 heterocycles. The van der Waals surface area contributed by atoms with Gasteiger partial charge in [-0.3, -0.25) is 9.59 Å². The number of hydrogen-bond acceptors (Lipinski definition) is 5. The van der Waals surface area contributed by atoms with Crippen LogP contribution in [0.5, 0.6) is 0 Å². The third-order valence-corrected chi connectivity index (χ3v) is 5.53. The Morgan fingerprint density at radius 3 is 2.48 bits per heavy atom. The number of anilines is 1. The summed E-state index contributed by atoms with van der Waals surface area (Å²) in [6, 6.07) is 13.4. The fraction of sp³-hybridized carbons (Fsp3) is 0.318. The van der Waals surface area contributed by atoms with Crippen LogP contribution >= 0.6 is 0 Å². The summed E-state index contributed by atoms with van der Waals surface area (Å²) in [5.74, 6) is 0.665. The van der Waals surface area contributed by atoms with Gasteiger partial charge in [-0.1, -0.05) is 23.4 Å². The molecule has 7 heteroatoms. The van der Waals surface area contributed by atoms with Crippen molar-refractivity contribution in [2.45, 2.75) is 12.8 Å². The number of nitrogens with one attached hydrogen (secondary N) is 2. The van der Waals surface area contributed by atoms with Crippen molar-refractivity contribution in [1.82, 2.24) is 15.4 Å². The van der Waals surface area contributed by atoms with Crippen LogP contribution in [0, 0.1) is 5.92 Å². The molecular weight excluding hydrogens is 368 g/mol. The quantitative estimate of drug-likeness (QED) is 0.715. The van der Waals surface area contributed by atoms with Crippen LogP contribution in [0.25, 0.3) is 22.1 Å². The Labute approximate surface area is 168 Å². The van der Waals surface area contributed by atoms with Gasteiger partial charge in [-0.2, -0.15) is 0 Å². The summed E-state index contributed by atoms with van der Waals surface area (Å²) >= 11 is 0. The zero-order valence-corrected chi connectivity index (χ0v) is 16.0. The molecule has 0 radical (unpaired) electrons. The van der Waals surface area contributed by atoms with Gasteiger partial charge in [0.05, 0.1) is 5.39 Å². The first-order chi connectivity index (χ1) is 14.2. The second-order valence-corrected chi connectivity index (χ2v) is 7.63. The second-order valence-electron chi connectivity index (χ2n) is 7.63. The lowest BCUT2D eigenvalue weighted by atomic mass is 10.0. The smallest absolute Gasteiger partial charge is 0.253 e. The Balaban J connectivity index is 1.34. The molecule has 0 bridgehead atoms. The lowest BCUT2D eigenvalue weighted by Crippen LogP contribution is -2.46. The first kappa shape index (κ1) is 17.9. The summed E-state index contributed by atoms with van der Waals surface area (Å²) in [7, 11) is 0. The molecular formula is C22H22N4O3. The second kappa shape index (κ2) is 7.33. The van der Waals surface area contributed by atoms with Crippen LogP contribution in [-0.4, -0.2) is 48.0 Å². The van der Waals surface area contributed by atoms with Crippen molar-refractivity contribution in [3.8, 4) is 11.1 Å². The van der Waals surface area contributed by atoms with Gasteiger partial charge in [0.1, 0.15) is 0 Å². The van der Waals surface area contributed by atoms with Crippen LogP contribution in [0.2, 0.25) is 0 Å². The maximum Gasteiger partial charge on any atom is 0.253 e. The van der Waals surface area contributed by atoms with Crippen molar-refractivity contribution in [3.05, 3.63) is 48.0 Å². The number of hydrogen-bond donors (Lipinski definition) is 2. The number of benzene rings is 2. The summed E-state index contributed by atoms with van der Waals surface area (Å²) in [4.78, 5) is 26.5. The third-order valence-electron chi connectivity index (χ3n) is 5.53. The van der Waals surface area contributed by atoms with E-state index in [4.69, 9.17) is 4.52 Å². The van der Waals surface area contributed by atoms with Crippen molar-refractivity contribution >= 4 is 28.6 Å². The molecule has 0 atom stereocenters. The van der Waals surface area contributed by atoms with Crippen LogP contribution in [0.3, 0.4) is 0 Å². The molecule has 2 aliphatic rings. The van der Waals surface area contributed by atoms with Gasteiger partial charge < -0.3 is 20.1 Å². The monoisotopic (exact) mass is 390 g/mol. The summed E-state index contributed by atoms with van der Waals surface area (Å²) in [5, 5.41) is 10.9. The zero-order valence-electron chi connectivity index (χ0n) is 16.0. The van der Waals surface area contributed by atoms with E-state index in [-0.39, 0.29) is 17.7 Å². The van der Waals surface area contributed by atoms with Gasteiger partial charge in [-0.15, -0.1) is 0 Å². The first-order valence-electron chi connectivity index (χ1n) is 10.00. The maximum absolute atomic E-state index is 12.6. The number of piperazine rings is 1. The molecule has 1 aliphatic heterocycles. The van der Waals surface area contributed by atoms with Crippen LogP contribution < -0.4 is 10.6 Å². The minimum absolute atomic E-state index is 0.00835. The molecule has 2 N–H and O–H groups in total. The number of aromatic nitrogens is 1. The van der Waals surface area contributed by atoms with Crippen LogP contribution in [-0.2, 0) is 4.79 Å². The number of nitrogens with zero attached hydrogens (tertiary/aromatic N) is 2. The highest BCUT2D eigenvalue weighted by Gasteiger charge is 2.30. The molecule has 1 aliphatic carbocycles. The first-order valence-corrected chi connectivity index (χ1v) is 10.00. The van der Waals surface area contributed by atoms with Crippen molar-refractivity contribution < 1.29 is 14.1 Å². The van der Waals surface area contributed by atoms with Gasteiger partial charge in [-0.05, 0) is 48.2 Å². The zero-order chi connectivity index (χ0) is 19.8. The summed E-state index contributed by atoms with van der Waals surface area (Å²) in [6.45, 7) is 3.15. The van der Waals surface area contributed by atoms with Crippen LogP contribution in [0.15, 0.2) is 47.0 Å². The number of carbonyl (C=O) groups is 2. The molecule has 2 amide bonds. The molecule has 2 fully saturated rings. The van der Waals surface area contributed by atoms with Gasteiger partial charge in [0.15, 0.2) is 11.4 Å². The standard InChI is InChI=1S/C22H22N4O3/c27-21(15-3-4-15)24-20-18-8-7-17(13-19(18)29-25-20)14-1-5-16(6-2-14)22(28)26-11-9-23-10-12-26/h1-2,5-8,13,15,23H,3-4,9-12H2,(H,24,25,27). The molecule has 0 unspecified atom stereocenters. The SMILES string of the molecule is O=C(Nc1noc2cc(-c3ccc(C(=O)N4CCNCC4)cc3)ccc12)C1CC1.